The van der Waals surface area contributed by atoms with E-state index in [2.05, 4.69) is 163 Å². The van der Waals surface area contributed by atoms with Gasteiger partial charge in [-0.1, -0.05) is 68.8 Å². The van der Waals surface area contributed by atoms with Gasteiger partial charge in [0.1, 0.15) is 5.82 Å². The van der Waals surface area contributed by atoms with Gasteiger partial charge in [-0.15, -0.1) is 41.3 Å². The first kappa shape index (κ1) is 38.4. The van der Waals surface area contributed by atoms with Crippen molar-refractivity contribution in [3.05, 3.63) is 148 Å². The van der Waals surface area contributed by atoms with E-state index in [0.29, 0.717) is 11.5 Å². The molecule has 0 saturated carbocycles. The normalized spacial score (nSPS) is 12.0. The Morgan fingerprint density at radius 1 is 0.632 bits per heavy atom. The molecular formula is C50H47N5OPt. The van der Waals surface area contributed by atoms with Crippen LogP contribution in [0.15, 0.2) is 85.1 Å². The van der Waals surface area contributed by atoms with E-state index in [-0.39, 0.29) is 26.5 Å². The Hall–Kier alpha value is -5.45. The SMILES string of the molecule is Cc1cc(C)n(-c2[c-]c(Oc3[c-]c4c(cc3)c3ccccc3n4-c3ncc(C)c(-n4c5c(C)ccc(C)c5c5c(C)ccc(C)c54)c3C)cc(C(C)(C)C)c2)n1.[Pt+2]. The van der Waals surface area contributed by atoms with E-state index in [1.54, 1.807) is 0 Å². The second-order valence-corrected chi connectivity index (χ2v) is 16.7. The van der Waals surface area contributed by atoms with Gasteiger partial charge in [0, 0.05) is 45.2 Å². The number of rotatable bonds is 5. The zero-order valence-corrected chi connectivity index (χ0v) is 36.8. The van der Waals surface area contributed by atoms with Crippen LogP contribution < -0.4 is 4.74 Å². The molecule has 0 fully saturated rings. The molecule has 0 N–H and O–H groups in total. The topological polar surface area (TPSA) is 49.8 Å². The van der Waals surface area contributed by atoms with E-state index in [1.165, 1.54) is 44.1 Å². The fraction of sp³-hybridized carbons (Fsp3) is 0.240. The van der Waals surface area contributed by atoms with Crippen LogP contribution in [-0.4, -0.2) is 23.9 Å². The molecule has 9 rings (SSSR count). The summed E-state index contributed by atoms with van der Waals surface area (Å²) in [5.74, 6) is 2.09. The van der Waals surface area contributed by atoms with Crippen molar-refractivity contribution in [2.45, 2.75) is 81.6 Å². The van der Waals surface area contributed by atoms with Crippen LogP contribution in [0.1, 0.15) is 71.1 Å². The molecule has 288 valence electrons. The minimum Gasteiger partial charge on any atom is -0.509 e. The van der Waals surface area contributed by atoms with E-state index in [0.717, 1.165) is 67.1 Å². The summed E-state index contributed by atoms with van der Waals surface area (Å²) in [5.41, 5.74) is 16.8. The van der Waals surface area contributed by atoms with Gasteiger partial charge in [-0.2, -0.15) is 11.2 Å². The van der Waals surface area contributed by atoms with Gasteiger partial charge >= 0.3 is 21.1 Å². The van der Waals surface area contributed by atoms with Gasteiger partial charge in [0.25, 0.3) is 0 Å². The third-order valence-corrected chi connectivity index (χ3v) is 11.5. The third-order valence-electron chi connectivity index (χ3n) is 11.5. The van der Waals surface area contributed by atoms with Gasteiger partial charge in [0.2, 0.25) is 0 Å². The van der Waals surface area contributed by atoms with Crippen LogP contribution in [0.25, 0.3) is 60.8 Å². The number of hydrogen-bond acceptors (Lipinski definition) is 3. The summed E-state index contributed by atoms with van der Waals surface area (Å²) in [6.07, 6.45) is 2.03. The van der Waals surface area contributed by atoms with Crippen molar-refractivity contribution >= 4 is 43.6 Å². The zero-order valence-electron chi connectivity index (χ0n) is 34.5. The van der Waals surface area contributed by atoms with Crippen molar-refractivity contribution in [3.8, 4) is 28.7 Å². The van der Waals surface area contributed by atoms with Gasteiger partial charge in [-0.05, 0) is 112 Å². The standard InChI is InChI=1S/C50H47N5O.Pt/c1-28-16-18-30(3)47-44(28)45-29(2)17-19-31(4)48(45)54(47)46-32(5)27-51-49(35(46)8)53-42-15-13-12-14-40(42)41-21-20-38(26-43(41)53)56-39-24-36(50(9,10)11)23-37(25-39)55-34(7)22-33(6)52-55;/h12-24,27H,1-11H3;/q-2;+2. The van der Waals surface area contributed by atoms with Crippen LogP contribution in [0.3, 0.4) is 0 Å². The van der Waals surface area contributed by atoms with Crippen LogP contribution in [0.2, 0.25) is 0 Å². The minimum atomic E-state index is -0.116. The summed E-state index contributed by atoms with van der Waals surface area (Å²) in [4.78, 5) is 5.21. The largest absolute Gasteiger partial charge is 2.00 e. The number of nitrogens with zero attached hydrogens (tertiary/aromatic N) is 5. The smallest absolute Gasteiger partial charge is 0.509 e. The molecule has 0 radical (unpaired) electrons. The Kier molecular flexibility index (Phi) is 9.36. The van der Waals surface area contributed by atoms with E-state index in [1.807, 2.05) is 23.9 Å². The summed E-state index contributed by atoms with van der Waals surface area (Å²) in [6.45, 7) is 24.0. The van der Waals surface area contributed by atoms with Crippen LogP contribution in [0.4, 0.5) is 0 Å². The fourth-order valence-corrected chi connectivity index (χ4v) is 8.70. The minimum absolute atomic E-state index is 0. The second kappa shape index (κ2) is 13.9. The number of aryl methyl sites for hydroxylation is 7. The first-order valence-electron chi connectivity index (χ1n) is 19.4. The van der Waals surface area contributed by atoms with Crippen LogP contribution in [-0.2, 0) is 26.5 Å². The summed E-state index contributed by atoms with van der Waals surface area (Å²) < 4.78 is 13.4. The molecule has 9 aromatic rings. The Balaban J connectivity index is 0.00000455. The average Bonchev–Trinajstić information content (AvgIpc) is 3.81. The summed E-state index contributed by atoms with van der Waals surface area (Å²) in [6, 6.07) is 35.3. The van der Waals surface area contributed by atoms with Crippen LogP contribution >= 0.6 is 0 Å². The number of fused-ring (bicyclic) bond motifs is 6. The van der Waals surface area contributed by atoms with E-state index >= 15 is 0 Å². The molecule has 4 aromatic heterocycles. The molecule has 7 heteroatoms. The van der Waals surface area contributed by atoms with E-state index in [4.69, 9.17) is 14.8 Å². The summed E-state index contributed by atoms with van der Waals surface area (Å²) >= 11 is 0. The average molecular weight is 929 g/mol. The van der Waals surface area contributed by atoms with E-state index < -0.39 is 0 Å². The first-order valence-corrected chi connectivity index (χ1v) is 19.4. The molecule has 0 aliphatic heterocycles. The quantitative estimate of drug-likeness (QED) is 0.162. The van der Waals surface area contributed by atoms with Crippen molar-refractivity contribution < 1.29 is 25.8 Å². The Labute approximate surface area is 349 Å². The molecule has 0 spiro atoms. The Morgan fingerprint density at radius 3 is 1.91 bits per heavy atom. The molecule has 0 amide bonds. The monoisotopic (exact) mass is 928 g/mol. The van der Waals surface area contributed by atoms with Gasteiger partial charge in [0.05, 0.1) is 22.4 Å². The maximum atomic E-state index is 6.71. The maximum absolute atomic E-state index is 6.71. The Bertz CT molecular complexity index is 3010. The number of ether oxygens (including phenoxy) is 1. The maximum Gasteiger partial charge on any atom is 2.00 e. The molecule has 57 heavy (non-hydrogen) atoms. The molecule has 0 atom stereocenters. The van der Waals surface area contributed by atoms with Gasteiger partial charge in [-0.25, -0.2) is 4.98 Å². The number of aromatic nitrogens is 5. The number of benzene rings is 5. The predicted octanol–water partition coefficient (Wildman–Crippen LogP) is 12.6. The predicted molar refractivity (Wildman–Crippen MR) is 231 cm³/mol. The second-order valence-electron chi connectivity index (χ2n) is 16.7. The van der Waals surface area contributed by atoms with Crippen LogP contribution in [0, 0.1) is 67.5 Å². The third kappa shape index (κ3) is 6.12. The number of hydrogen-bond donors (Lipinski definition) is 0. The van der Waals surface area contributed by atoms with Gasteiger partial charge in [0.15, 0.2) is 0 Å². The van der Waals surface area contributed by atoms with Crippen molar-refractivity contribution in [1.82, 2.24) is 23.9 Å². The van der Waals surface area contributed by atoms with Crippen molar-refractivity contribution in [3.63, 3.8) is 0 Å². The zero-order chi connectivity index (χ0) is 39.4. The van der Waals surface area contributed by atoms with Crippen molar-refractivity contribution in [1.29, 1.82) is 0 Å². The molecule has 6 nitrogen and oxygen atoms in total. The molecule has 0 unspecified atom stereocenters. The molecule has 0 aliphatic carbocycles. The molecule has 0 saturated heterocycles. The fourth-order valence-electron chi connectivity index (χ4n) is 8.70. The van der Waals surface area contributed by atoms with Gasteiger partial charge < -0.3 is 13.9 Å². The van der Waals surface area contributed by atoms with Crippen molar-refractivity contribution in [2.75, 3.05) is 0 Å². The Morgan fingerprint density at radius 2 is 1.28 bits per heavy atom. The number of para-hydroxylation sites is 1. The summed E-state index contributed by atoms with van der Waals surface area (Å²) in [5, 5.41) is 9.62. The number of pyridine rings is 1. The van der Waals surface area contributed by atoms with Crippen molar-refractivity contribution in [2.24, 2.45) is 0 Å². The molecule has 4 heterocycles. The molecular weight excluding hydrogens is 882 g/mol. The van der Waals surface area contributed by atoms with Gasteiger partial charge in [-0.3, -0.25) is 4.68 Å². The summed E-state index contributed by atoms with van der Waals surface area (Å²) in [7, 11) is 0. The van der Waals surface area contributed by atoms with Crippen LogP contribution in [0.5, 0.6) is 11.5 Å². The molecule has 0 aliphatic rings. The molecule has 5 aromatic carbocycles. The molecule has 0 bridgehead atoms. The van der Waals surface area contributed by atoms with E-state index in [9.17, 15) is 0 Å². The first-order chi connectivity index (χ1) is 26.7.